The van der Waals surface area contributed by atoms with Crippen LogP contribution in [0.1, 0.15) is 23.7 Å². The zero-order valence-electron chi connectivity index (χ0n) is 11.4. The second-order valence-electron chi connectivity index (χ2n) is 4.31. The van der Waals surface area contributed by atoms with Crippen molar-refractivity contribution < 1.29 is 14.3 Å². The Balaban J connectivity index is 2.20. The fraction of sp³-hybridized carbons (Fsp3) is 0.188. The SMILES string of the molecule is CCCOc1ccccc1C(=O)Oc1ccc(Cl)cc1Cl. The molecule has 0 aliphatic heterocycles. The molecule has 0 atom stereocenters. The van der Waals surface area contributed by atoms with E-state index in [1.807, 2.05) is 6.92 Å². The van der Waals surface area contributed by atoms with Gasteiger partial charge < -0.3 is 9.47 Å². The molecule has 3 nitrogen and oxygen atoms in total. The first-order chi connectivity index (χ1) is 10.1. The molecule has 0 radical (unpaired) electrons. The molecule has 0 bridgehead atoms. The molecule has 2 rings (SSSR count). The fourth-order valence-corrected chi connectivity index (χ4v) is 2.13. The van der Waals surface area contributed by atoms with Crippen LogP contribution in [0.4, 0.5) is 0 Å². The van der Waals surface area contributed by atoms with Crippen molar-refractivity contribution in [3.8, 4) is 11.5 Å². The number of carbonyl (C=O) groups excluding carboxylic acids is 1. The van der Waals surface area contributed by atoms with Crippen molar-refractivity contribution in [1.82, 2.24) is 0 Å². The van der Waals surface area contributed by atoms with Crippen LogP contribution in [-0.2, 0) is 0 Å². The molecule has 21 heavy (non-hydrogen) atoms. The minimum Gasteiger partial charge on any atom is -0.493 e. The van der Waals surface area contributed by atoms with Crippen molar-refractivity contribution >= 4 is 29.2 Å². The first-order valence-electron chi connectivity index (χ1n) is 6.51. The van der Waals surface area contributed by atoms with E-state index in [0.717, 1.165) is 6.42 Å². The number of ether oxygens (including phenoxy) is 2. The molecule has 0 aliphatic rings. The van der Waals surface area contributed by atoms with Gasteiger partial charge in [0.05, 0.1) is 11.6 Å². The molecule has 0 fully saturated rings. The van der Waals surface area contributed by atoms with Gasteiger partial charge in [-0.25, -0.2) is 4.79 Å². The van der Waals surface area contributed by atoms with Crippen molar-refractivity contribution in [2.45, 2.75) is 13.3 Å². The molecule has 2 aromatic carbocycles. The number of halogens is 2. The van der Waals surface area contributed by atoms with Gasteiger partial charge in [-0.1, -0.05) is 42.3 Å². The molecule has 2 aromatic rings. The van der Waals surface area contributed by atoms with Crippen LogP contribution in [0.3, 0.4) is 0 Å². The number of hydrogen-bond donors (Lipinski definition) is 0. The Morgan fingerprint density at radius 2 is 1.86 bits per heavy atom. The molecule has 0 aromatic heterocycles. The zero-order chi connectivity index (χ0) is 15.2. The van der Waals surface area contributed by atoms with Crippen LogP contribution in [0, 0.1) is 0 Å². The van der Waals surface area contributed by atoms with E-state index in [1.165, 1.54) is 6.07 Å². The molecule has 0 N–H and O–H groups in total. The third kappa shape index (κ3) is 4.13. The maximum atomic E-state index is 12.2. The molecular weight excluding hydrogens is 311 g/mol. The number of esters is 1. The summed E-state index contributed by atoms with van der Waals surface area (Å²) in [6.07, 6.45) is 0.854. The lowest BCUT2D eigenvalue weighted by Crippen LogP contribution is -2.11. The highest BCUT2D eigenvalue weighted by Gasteiger charge is 2.16. The summed E-state index contributed by atoms with van der Waals surface area (Å²) in [6.45, 7) is 2.53. The summed E-state index contributed by atoms with van der Waals surface area (Å²) in [6, 6.07) is 11.6. The summed E-state index contributed by atoms with van der Waals surface area (Å²) >= 11 is 11.8. The largest absolute Gasteiger partial charge is 0.493 e. The van der Waals surface area contributed by atoms with Gasteiger partial charge in [0.25, 0.3) is 0 Å². The van der Waals surface area contributed by atoms with Crippen molar-refractivity contribution in [2.75, 3.05) is 6.61 Å². The van der Waals surface area contributed by atoms with Crippen LogP contribution >= 0.6 is 23.2 Å². The van der Waals surface area contributed by atoms with Gasteiger partial charge in [-0.2, -0.15) is 0 Å². The summed E-state index contributed by atoms with van der Waals surface area (Å²) in [7, 11) is 0. The summed E-state index contributed by atoms with van der Waals surface area (Å²) in [4.78, 5) is 12.2. The Hall–Kier alpha value is -1.71. The Labute approximate surface area is 133 Å². The lowest BCUT2D eigenvalue weighted by molar-refractivity contribution is 0.0730. The van der Waals surface area contributed by atoms with Gasteiger partial charge in [-0.15, -0.1) is 0 Å². The first kappa shape index (κ1) is 15.7. The van der Waals surface area contributed by atoms with Gasteiger partial charge in [-0.3, -0.25) is 0 Å². The monoisotopic (exact) mass is 324 g/mol. The summed E-state index contributed by atoms with van der Waals surface area (Å²) in [5.74, 6) is 0.233. The average molecular weight is 325 g/mol. The molecule has 0 aliphatic carbocycles. The number of rotatable bonds is 5. The van der Waals surface area contributed by atoms with Crippen LogP contribution in [0.5, 0.6) is 11.5 Å². The zero-order valence-corrected chi connectivity index (χ0v) is 12.9. The van der Waals surface area contributed by atoms with E-state index >= 15 is 0 Å². The highest BCUT2D eigenvalue weighted by atomic mass is 35.5. The maximum Gasteiger partial charge on any atom is 0.347 e. The van der Waals surface area contributed by atoms with E-state index in [9.17, 15) is 4.79 Å². The average Bonchev–Trinajstić information content (AvgIpc) is 2.48. The third-order valence-electron chi connectivity index (χ3n) is 2.67. The molecule has 0 unspecified atom stereocenters. The number of hydrogen-bond acceptors (Lipinski definition) is 3. The lowest BCUT2D eigenvalue weighted by atomic mass is 10.2. The molecule has 0 amide bonds. The summed E-state index contributed by atoms with van der Waals surface area (Å²) in [5.41, 5.74) is 0.358. The van der Waals surface area contributed by atoms with Gasteiger partial charge in [0.15, 0.2) is 0 Å². The Morgan fingerprint density at radius 1 is 1.10 bits per heavy atom. The highest BCUT2D eigenvalue weighted by molar-refractivity contribution is 6.35. The second-order valence-corrected chi connectivity index (χ2v) is 5.15. The topological polar surface area (TPSA) is 35.5 Å². The maximum absolute atomic E-state index is 12.2. The first-order valence-corrected chi connectivity index (χ1v) is 7.26. The Bertz CT molecular complexity index is 641. The Morgan fingerprint density at radius 3 is 2.57 bits per heavy atom. The van der Waals surface area contributed by atoms with Gasteiger partial charge in [0.2, 0.25) is 0 Å². The van der Waals surface area contributed by atoms with Gasteiger partial charge in [-0.05, 0) is 36.8 Å². The number of carbonyl (C=O) groups is 1. The van der Waals surface area contributed by atoms with Gasteiger partial charge >= 0.3 is 5.97 Å². The van der Waals surface area contributed by atoms with E-state index in [1.54, 1.807) is 36.4 Å². The molecule has 0 spiro atoms. The molecule has 110 valence electrons. The smallest absolute Gasteiger partial charge is 0.347 e. The molecule has 0 saturated carbocycles. The van der Waals surface area contributed by atoms with Gasteiger partial charge in [0.1, 0.15) is 17.1 Å². The minimum absolute atomic E-state index is 0.261. The standard InChI is InChI=1S/C16H14Cl2O3/c1-2-9-20-14-6-4-3-5-12(14)16(19)21-15-8-7-11(17)10-13(15)18/h3-8,10H,2,9H2,1H3. The van der Waals surface area contributed by atoms with Crippen molar-refractivity contribution in [1.29, 1.82) is 0 Å². The molecule has 0 saturated heterocycles. The van der Waals surface area contributed by atoms with Crippen LogP contribution < -0.4 is 9.47 Å². The van der Waals surface area contributed by atoms with Crippen LogP contribution in [0.25, 0.3) is 0 Å². The predicted molar refractivity (Wildman–Crippen MR) is 83.6 cm³/mol. The van der Waals surface area contributed by atoms with Gasteiger partial charge in [0, 0.05) is 5.02 Å². The molecule has 5 heteroatoms. The highest BCUT2D eigenvalue weighted by Crippen LogP contribution is 2.29. The van der Waals surface area contributed by atoms with Crippen LogP contribution in [0.15, 0.2) is 42.5 Å². The van der Waals surface area contributed by atoms with Crippen molar-refractivity contribution in [3.63, 3.8) is 0 Å². The number of benzene rings is 2. The van der Waals surface area contributed by atoms with Crippen LogP contribution in [0.2, 0.25) is 10.0 Å². The minimum atomic E-state index is -0.522. The quantitative estimate of drug-likeness (QED) is 0.573. The normalized spacial score (nSPS) is 10.2. The van der Waals surface area contributed by atoms with E-state index in [2.05, 4.69) is 0 Å². The van der Waals surface area contributed by atoms with E-state index < -0.39 is 5.97 Å². The van der Waals surface area contributed by atoms with E-state index in [-0.39, 0.29) is 10.8 Å². The van der Waals surface area contributed by atoms with Crippen LogP contribution in [-0.4, -0.2) is 12.6 Å². The third-order valence-corrected chi connectivity index (χ3v) is 3.20. The molecule has 0 heterocycles. The fourth-order valence-electron chi connectivity index (χ4n) is 1.69. The molecular formula is C16H14Cl2O3. The summed E-state index contributed by atoms with van der Waals surface area (Å²) in [5, 5.41) is 0.759. The van der Waals surface area contributed by atoms with Crippen molar-refractivity contribution in [3.05, 3.63) is 58.1 Å². The van der Waals surface area contributed by atoms with Crippen molar-refractivity contribution in [2.24, 2.45) is 0 Å². The van der Waals surface area contributed by atoms with E-state index in [0.29, 0.717) is 22.9 Å². The summed E-state index contributed by atoms with van der Waals surface area (Å²) < 4.78 is 10.8. The number of para-hydroxylation sites is 1. The Kier molecular flexibility index (Phi) is 5.48. The predicted octanol–water partition coefficient (Wildman–Crippen LogP) is 5.00. The van der Waals surface area contributed by atoms with E-state index in [4.69, 9.17) is 32.7 Å². The second kappa shape index (κ2) is 7.34. The lowest BCUT2D eigenvalue weighted by Gasteiger charge is -2.11.